The average Bonchev–Trinajstić information content (AvgIpc) is 3.83. The molecule has 4 atom stereocenters. The van der Waals surface area contributed by atoms with Gasteiger partial charge >= 0.3 is 5.97 Å². The number of pyridine rings is 1. The number of nitrogens with zero attached hydrogens (tertiary/aromatic N) is 5. The number of hydrogen-bond donors (Lipinski definition) is 3. The Balaban J connectivity index is 1.25. The summed E-state index contributed by atoms with van der Waals surface area (Å²) in [5, 5.41) is 8.15. The number of thiazole rings is 1. The molecule has 0 spiro atoms. The van der Waals surface area contributed by atoms with Crippen LogP contribution in [0, 0.1) is 11.3 Å². The Morgan fingerprint density at radius 2 is 1.97 bits per heavy atom. The van der Waals surface area contributed by atoms with E-state index in [9.17, 15) is 19.2 Å². The zero-order valence-electron chi connectivity index (χ0n) is 36.2. The van der Waals surface area contributed by atoms with Crippen molar-refractivity contribution in [1.29, 1.82) is 0 Å². The van der Waals surface area contributed by atoms with Crippen molar-refractivity contribution in [3.05, 3.63) is 70.8 Å². The average molecular weight is 855 g/mol. The minimum Gasteiger partial charge on any atom is -0.464 e. The molecule has 61 heavy (non-hydrogen) atoms. The number of esters is 1. The number of aromatic nitrogens is 3. The number of hydrogen-bond acceptors (Lipinski definition) is 12. The number of hydrazine groups is 1. The lowest BCUT2D eigenvalue weighted by Gasteiger charge is -2.39. The normalized spacial score (nSPS) is 20.8. The van der Waals surface area contributed by atoms with E-state index >= 15 is 0 Å². The Morgan fingerprint density at radius 1 is 1.18 bits per heavy atom. The number of hydroxylamine groups is 1. The summed E-state index contributed by atoms with van der Waals surface area (Å²) in [6.45, 7) is 17.6. The topological polar surface area (TPSA) is 169 Å². The lowest BCUT2D eigenvalue weighted by atomic mass is 9.84. The second kappa shape index (κ2) is 18.5. The molecular weight excluding hydrogens is 797 g/mol. The van der Waals surface area contributed by atoms with Crippen molar-refractivity contribution in [2.45, 2.75) is 104 Å². The number of aryl methyl sites for hydroxylation is 1. The van der Waals surface area contributed by atoms with Gasteiger partial charge in [-0.25, -0.2) is 10.4 Å². The summed E-state index contributed by atoms with van der Waals surface area (Å²) in [5.74, 6) is -1.64. The zero-order valence-corrected chi connectivity index (χ0v) is 37.0. The highest BCUT2D eigenvalue weighted by Crippen LogP contribution is 2.42. The molecule has 15 nitrogen and oxygen atoms in total. The maximum absolute atomic E-state index is 14.4. The molecule has 6 heterocycles. The molecule has 6 bridgehead atoms. The van der Waals surface area contributed by atoms with E-state index in [1.165, 1.54) is 22.4 Å². The number of rotatable bonds is 11. The molecule has 3 N–H and O–H groups in total. The van der Waals surface area contributed by atoms with Crippen LogP contribution in [-0.2, 0) is 52.9 Å². The standard InChI is InChI=1S/C45H58N8O7S/c1-9-38(54)51-22-29(23-51)60-50-39(26(3)4)42(55)48-34-20-37-47-35(24-61-37)28-15-16-36-31(19-28)32(41(52(36)10-2)30-13-11-17-46-40(30)27(5)58-8)21-45(6,7)25-59-44(57)33-14-12-18-53(49-33)43(34)56/h9,11,13,15-17,19,24,26-27,29,33-34,39,49-50H,1,10,12,14,18,20-23,25H2,2-8H3,(H,48,55)/t27-,33-,34-,39?/m0/s1. The van der Waals surface area contributed by atoms with Crippen molar-refractivity contribution in [1.82, 2.24) is 40.7 Å². The molecule has 0 radical (unpaired) electrons. The first-order valence-electron chi connectivity index (χ1n) is 21.2. The molecule has 3 aliphatic rings. The van der Waals surface area contributed by atoms with Gasteiger partial charge in [0.15, 0.2) is 0 Å². The third kappa shape index (κ3) is 9.43. The van der Waals surface area contributed by atoms with Crippen molar-refractivity contribution in [3.8, 4) is 22.5 Å². The summed E-state index contributed by atoms with van der Waals surface area (Å²) >= 11 is 1.43. The van der Waals surface area contributed by atoms with Gasteiger partial charge in [0.1, 0.15) is 24.2 Å². The first kappa shape index (κ1) is 44.1. The largest absolute Gasteiger partial charge is 0.464 e. The number of amides is 3. The van der Waals surface area contributed by atoms with Gasteiger partial charge < -0.3 is 24.3 Å². The van der Waals surface area contributed by atoms with Crippen LogP contribution in [0.3, 0.4) is 0 Å². The van der Waals surface area contributed by atoms with Crippen molar-refractivity contribution in [2.75, 3.05) is 33.4 Å². The van der Waals surface area contributed by atoms with E-state index in [-0.39, 0.29) is 43.0 Å². The molecule has 4 aromatic rings. The number of nitrogens with one attached hydrogen (secondary N) is 3. The zero-order chi connectivity index (χ0) is 43.6. The molecule has 0 saturated carbocycles. The van der Waals surface area contributed by atoms with Gasteiger partial charge in [-0.15, -0.1) is 11.3 Å². The minimum atomic E-state index is -1.02. The Bertz CT molecular complexity index is 2280. The molecule has 1 aromatic carbocycles. The summed E-state index contributed by atoms with van der Waals surface area (Å²) in [7, 11) is 1.69. The lowest BCUT2D eigenvalue weighted by Crippen LogP contribution is -2.62. The van der Waals surface area contributed by atoms with Crippen LogP contribution in [0.1, 0.15) is 76.8 Å². The molecule has 1 unspecified atom stereocenters. The highest BCUT2D eigenvalue weighted by Gasteiger charge is 2.38. The molecule has 16 heteroatoms. The molecule has 3 aromatic heterocycles. The van der Waals surface area contributed by atoms with E-state index in [1.807, 2.05) is 32.2 Å². The second-order valence-corrected chi connectivity index (χ2v) is 18.2. The van der Waals surface area contributed by atoms with Crippen molar-refractivity contribution >= 4 is 45.9 Å². The second-order valence-electron chi connectivity index (χ2n) is 17.3. The maximum atomic E-state index is 14.4. The number of likely N-dealkylation sites (tertiary alicyclic amines) is 1. The molecule has 3 amide bonds. The number of carbonyl (C=O) groups is 4. The molecule has 7 rings (SSSR count). The molecule has 3 aliphatic heterocycles. The molecule has 2 fully saturated rings. The van der Waals surface area contributed by atoms with Gasteiger partial charge in [0.2, 0.25) is 11.8 Å². The van der Waals surface area contributed by atoms with E-state index < -0.39 is 35.4 Å². The van der Waals surface area contributed by atoms with Gasteiger partial charge in [-0.3, -0.25) is 34.0 Å². The van der Waals surface area contributed by atoms with Crippen molar-refractivity contribution in [2.24, 2.45) is 11.3 Å². The number of carbonyl (C=O) groups excluding carboxylic acids is 4. The van der Waals surface area contributed by atoms with E-state index in [4.69, 9.17) is 24.3 Å². The van der Waals surface area contributed by atoms with Gasteiger partial charge in [-0.05, 0) is 74.9 Å². The molecular formula is C45H58N8O7S. The molecule has 326 valence electrons. The summed E-state index contributed by atoms with van der Waals surface area (Å²) in [6, 6.07) is 7.86. The van der Waals surface area contributed by atoms with Gasteiger partial charge in [0.05, 0.1) is 47.9 Å². The fourth-order valence-corrected chi connectivity index (χ4v) is 9.16. The van der Waals surface area contributed by atoms with Gasteiger partial charge in [-0.2, -0.15) is 5.48 Å². The molecule has 2 saturated heterocycles. The Labute approximate surface area is 361 Å². The van der Waals surface area contributed by atoms with Gasteiger partial charge in [-0.1, -0.05) is 40.3 Å². The Hall–Kier alpha value is -5.00. The van der Waals surface area contributed by atoms with E-state index in [1.54, 1.807) is 18.2 Å². The predicted molar refractivity (Wildman–Crippen MR) is 233 cm³/mol. The van der Waals surface area contributed by atoms with Crippen LogP contribution >= 0.6 is 11.3 Å². The van der Waals surface area contributed by atoms with Crippen molar-refractivity contribution in [3.63, 3.8) is 0 Å². The number of fused-ring (bicyclic) bond motifs is 6. The highest BCUT2D eigenvalue weighted by atomic mass is 32.1. The third-order valence-electron chi connectivity index (χ3n) is 11.8. The quantitative estimate of drug-likeness (QED) is 0.104. The van der Waals surface area contributed by atoms with Crippen LogP contribution in [0.5, 0.6) is 0 Å². The van der Waals surface area contributed by atoms with Crippen LogP contribution in [0.4, 0.5) is 0 Å². The van der Waals surface area contributed by atoms with E-state index in [0.717, 1.165) is 44.7 Å². The number of benzene rings is 1. The first-order valence-corrected chi connectivity index (χ1v) is 22.0. The minimum absolute atomic E-state index is 0.120. The number of ether oxygens (including phenoxy) is 2. The van der Waals surface area contributed by atoms with Gasteiger partial charge in [0.25, 0.3) is 5.91 Å². The first-order chi connectivity index (χ1) is 29.2. The summed E-state index contributed by atoms with van der Waals surface area (Å²) < 4.78 is 14.2. The maximum Gasteiger partial charge on any atom is 0.324 e. The number of cyclic esters (lactones) is 1. The summed E-state index contributed by atoms with van der Waals surface area (Å²) in [4.78, 5) is 71.5. The lowest BCUT2D eigenvalue weighted by molar-refractivity contribution is -0.157. The van der Waals surface area contributed by atoms with Crippen LogP contribution in [-0.4, -0.2) is 106 Å². The third-order valence-corrected chi connectivity index (χ3v) is 12.7. The van der Waals surface area contributed by atoms with Crippen LogP contribution in [0.2, 0.25) is 0 Å². The van der Waals surface area contributed by atoms with Crippen LogP contribution in [0.25, 0.3) is 33.4 Å². The van der Waals surface area contributed by atoms with Crippen LogP contribution < -0.4 is 16.2 Å². The SMILES string of the molecule is C=CC(=O)N1CC(ONC(C(=O)N[C@H]2Cc3nc(cs3)-c3ccc4c(c3)c(c(-c3cccnc3[C@H](C)OC)n4CC)CC(C)(C)COC(=O)[C@@H]3CCCN(N3)C2=O)C(C)C)C1. The molecule has 0 aliphatic carbocycles. The summed E-state index contributed by atoms with van der Waals surface area (Å²) in [5.41, 5.74) is 12.3. The highest BCUT2D eigenvalue weighted by molar-refractivity contribution is 7.10. The van der Waals surface area contributed by atoms with E-state index in [0.29, 0.717) is 50.4 Å². The Kier molecular flexibility index (Phi) is 13.4. The fourth-order valence-electron chi connectivity index (χ4n) is 8.31. The summed E-state index contributed by atoms with van der Waals surface area (Å²) in [6.07, 6.45) is 4.28. The monoisotopic (exact) mass is 854 g/mol. The number of methoxy groups -OCH3 is 1. The van der Waals surface area contributed by atoms with Crippen LogP contribution in [0.15, 0.2) is 54.6 Å². The Morgan fingerprint density at radius 3 is 2.69 bits per heavy atom. The fraction of sp³-hybridized carbons (Fsp3) is 0.511. The van der Waals surface area contributed by atoms with E-state index in [2.05, 4.69) is 72.4 Å². The van der Waals surface area contributed by atoms with Gasteiger partial charge in [0, 0.05) is 65.6 Å². The smallest absolute Gasteiger partial charge is 0.324 e. The van der Waals surface area contributed by atoms with Crippen molar-refractivity contribution < 1.29 is 33.5 Å². The predicted octanol–water partition coefficient (Wildman–Crippen LogP) is 5.15.